The third kappa shape index (κ3) is 6.14. The van der Waals surface area contributed by atoms with E-state index in [1.165, 1.54) is 11.8 Å². The van der Waals surface area contributed by atoms with Gasteiger partial charge >= 0.3 is 0 Å². The maximum atomic E-state index is 12.4. The number of alkyl halides is 3. The molecule has 0 aliphatic carbocycles. The molecule has 1 aliphatic rings. The van der Waals surface area contributed by atoms with Crippen LogP contribution < -0.4 is 10.1 Å². The average Bonchev–Trinajstić information content (AvgIpc) is 3.01. The minimum atomic E-state index is -1.91. The van der Waals surface area contributed by atoms with Crippen molar-refractivity contribution in [2.45, 2.75) is 16.9 Å². The lowest BCUT2D eigenvalue weighted by Crippen LogP contribution is -2.47. The molecule has 31 heavy (non-hydrogen) atoms. The van der Waals surface area contributed by atoms with Crippen LogP contribution in [0.15, 0.2) is 59.5 Å². The number of benzene rings is 2. The van der Waals surface area contributed by atoms with Gasteiger partial charge in [-0.05, 0) is 42.8 Å². The molecule has 1 saturated heterocycles. The van der Waals surface area contributed by atoms with E-state index in [4.69, 9.17) is 51.8 Å². The predicted molar refractivity (Wildman–Crippen MR) is 131 cm³/mol. The highest BCUT2D eigenvalue weighted by atomic mass is 35.6. The number of rotatable bonds is 6. The van der Waals surface area contributed by atoms with Crippen molar-refractivity contribution in [3.8, 4) is 5.75 Å². The quantitative estimate of drug-likeness (QED) is 0.241. The van der Waals surface area contributed by atoms with E-state index >= 15 is 0 Å². The van der Waals surface area contributed by atoms with Gasteiger partial charge in [-0.1, -0.05) is 89.1 Å². The Morgan fingerprint density at radius 2 is 1.84 bits per heavy atom. The molecule has 10 heteroatoms. The Morgan fingerprint density at radius 1 is 1.19 bits per heavy atom. The molecule has 3 rings (SSSR count). The summed E-state index contributed by atoms with van der Waals surface area (Å²) in [7, 11) is 0. The molecule has 0 saturated carbocycles. The smallest absolute Gasteiger partial charge is 0.266 e. The fraction of sp³-hybridized carbons (Fsp3) is 0.190. The van der Waals surface area contributed by atoms with Gasteiger partial charge in [0, 0.05) is 12.1 Å². The van der Waals surface area contributed by atoms with Crippen LogP contribution in [0.4, 0.5) is 0 Å². The number of nitrogens with one attached hydrogen (secondary N) is 1. The van der Waals surface area contributed by atoms with E-state index in [1.807, 2.05) is 6.92 Å². The van der Waals surface area contributed by atoms with Crippen molar-refractivity contribution in [1.29, 1.82) is 0 Å². The number of likely N-dealkylation sites (N-methyl/N-ethyl adjacent to an activating group) is 1. The van der Waals surface area contributed by atoms with Crippen molar-refractivity contribution in [1.82, 2.24) is 10.2 Å². The highest BCUT2D eigenvalue weighted by molar-refractivity contribution is 8.26. The SMILES string of the molecule is CCN1C(=O)/C(=C/c2ccc(O[C@@H](NC(=O)c3ccccc3)C(Cl)(Cl)Cl)cc2)SC1=S. The predicted octanol–water partition coefficient (Wildman–Crippen LogP) is 5.41. The van der Waals surface area contributed by atoms with Gasteiger partial charge in [0.1, 0.15) is 10.1 Å². The summed E-state index contributed by atoms with van der Waals surface area (Å²) in [6.45, 7) is 2.40. The summed E-state index contributed by atoms with van der Waals surface area (Å²) in [6.07, 6.45) is 0.527. The minimum absolute atomic E-state index is 0.113. The summed E-state index contributed by atoms with van der Waals surface area (Å²) in [5, 5.41) is 2.58. The molecule has 1 aliphatic heterocycles. The number of carbonyl (C=O) groups is 2. The van der Waals surface area contributed by atoms with Crippen LogP contribution in [0.2, 0.25) is 0 Å². The molecular formula is C21H17Cl3N2O3S2. The van der Waals surface area contributed by atoms with E-state index in [2.05, 4.69) is 5.32 Å². The van der Waals surface area contributed by atoms with Crippen LogP contribution in [0.1, 0.15) is 22.8 Å². The standard InChI is InChI=1S/C21H17Cl3N2O3S2/c1-2-26-18(28)16(31-20(26)30)12-13-8-10-15(11-9-13)29-19(21(22,23)24)25-17(27)14-6-4-3-5-7-14/h3-12,19H,2H2,1H3,(H,25,27)/b16-12-/t19-/m1/s1. The zero-order chi connectivity index (χ0) is 22.6. The number of hydrogen-bond donors (Lipinski definition) is 1. The number of ether oxygens (including phenoxy) is 1. The van der Waals surface area contributed by atoms with E-state index in [9.17, 15) is 9.59 Å². The highest BCUT2D eigenvalue weighted by Crippen LogP contribution is 2.34. The maximum Gasteiger partial charge on any atom is 0.266 e. The van der Waals surface area contributed by atoms with Crippen molar-refractivity contribution in [2.24, 2.45) is 0 Å². The van der Waals surface area contributed by atoms with Crippen LogP contribution in [0, 0.1) is 0 Å². The minimum Gasteiger partial charge on any atom is -0.466 e. The van der Waals surface area contributed by atoms with E-state index < -0.39 is 15.9 Å². The van der Waals surface area contributed by atoms with Gasteiger partial charge in [-0.25, -0.2) is 0 Å². The average molecular weight is 516 g/mol. The van der Waals surface area contributed by atoms with E-state index in [0.717, 1.165) is 5.56 Å². The molecule has 0 radical (unpaired) electrons. The molecule has 1 fully saturated rings. The van der Waals surface area contributed by atoms with Gasteiger partial charge in [0.15, 0.2) is 0 Å². The number of nitrogens with zero attached hydrogens (tertiary/aromatic N) is 1. The molecular weight excluding hydrogens is 499 g/mol. The van der Waals surface area contributed by atoms with Crippen molar-refractivity contribution in [2.75, 3.05) is 6.54 Å². The molecule has 0 spiro atoms. The summed E-state index contributed by atoms with van der Waals surface area (Å²) >= 11 is 24.5. The Kier molecular flexibility index (Phi) is 7.88. The van der Waals surface area contributed by atoms with Crippen molar-refractivity contribution in [3.05, 3.63) is 70.6 Å². The zero-order valence-corrected chi connectivity index (χ0v) is 20.1. The van der Waals surface area contributed by atoms with Gasteiger partial charge in [-0.15, -0.1) is 0 Å². The topological polar surface area (TPSA) is 58.6 Å². The van der Waals surface area contributed by atoms with Gasteiger partial charge < -0.3 is 10.1 Å². The van der Waals surface area contributed by atoms with Crippen LogP contribution in [-0.2, 0) is 4.79 Å². The third-order valence-electron chi connectivity index (χ3n) is 4.22. The lowest BCUT2D eigenvalue weighted by molar-refractivity contribution is -0.121. The van der Waals surface area contributed by atoms with Gasteiger partial charge in [0.25, 0.3) is 11.8 Å². The number of amides is 2. The second-order valence-electron chi connectivity index (χ2n) is 6.37. The van der Waals surface area contributed by atoms with Crippen LogP contribution in [0.3, 0.4) is 0 Å². The fourth-order valence-corrected chi connectivity index (χ4v) is 4.35. The van der Waals surface area contributed by atoms with Gasteiger partial charge in [0.05, 0.1) is 4.91 Å². The number of thiocarbonyl (C=S) groups is 1. The molecule has 2 aromatic rings. The highest BCUT2D eigenvalue weighted by Gasteiger charge is 2.36. The molecule has 0 bridgehead atoms. The number of halogens is 3. The maximum absolute atomic E-state index is 12.4. The number of thioether (sulfide) groups is 1. The first-order valence-electron chi connectivity index (χ1n) is 9.13. The lowest BCUT2D eigenvalue weighted by Gasteiger charge is -2.26. The Bertz CT molecular complexity index is 1010. The molecule has 0 unspecified atom stereocenters. The second kappa shape index (κ2) is 10.2. The first kappa shape index (κ1) is 23.9. The summed E-state index contributed by atoms with van der Waals surface area (Å²) < 4.78 is 4.35. The van der Waals surface area contributed by atoms with Crippen LogP contribution in [0.25, 0.3) is 6.08 Å². The third-order valence-corrected chi connectivity index (χ3v) is 6.19. The van der Waals surface area contributed by atoms with Gasteiger partial charge in [-0.2, -0.15) is 0 Å². The monoisotopic (exact) mass is 514 g/mol. The lowest BCUT2D eigenvalue weighted by atomic mass is 10.2. The van der Waals surface area contributed by atoms with Crippen molar-refractivity contribution >= 4 is 81.0 Å². The Balaban J connectivity index is 1.72. The van der Waals surface area contributed by atoms with Crippen LogP contribution >= 0.6 is 58.8 Å². The van der Waals surface area contributed by atoms with Crippen molar-refractivity contribution in [3.63, 3.8) is 0 Å². The molecule has 2 aromatic carbocycles. The normalized spacial score (nSPS) is 16.5. The van der Waals surface area contributed by atoms with E-state index in [-0.39, 0.29) is 5.91 Å². The number of hydrogen-bond acceptors (Lipinski definition) is 5. The number of carbonyl (C=O) groups excluding carboxylic acids is 2. The van der Waals surface area contributed by atoms with Crippen molar-refractivity contribution < 1.29 is 14.3 Å². The molecule has 1 atom stereocenters. The second-order valence-corrected chi connectivity index (χ2v) is 10.4. The summed E-state index contributed by atoms with van der Waals surface area (Å²) in [5.74, 6) is -0.174. The largest absolute Gasteiger partial charge is 0.466 e. The molecule has 5 nitrogen and oxygen atoms in total. The van der Waals surface area contributed by atoms with E-state index in [0.29, 0.717) is 27.1 Å². The summed E-state index contributed by atoms with van der Waals surface area (Å²) in [4.78, 5) is 26.9. The Hall–Kier alpha value is -1.77. The first-order chi connectivity index (χ1) is 14.7. The van der Waals surface area contributed by atoms with E-state index in [1.54, 1.807) is 65.6 Å². The molecule has 162 valence electrons. The molecule has 1 N–H and O–H groups in total. The summed E-state index contributed by atoms with van der Waals surface area (Å²) in [6, 6.07) is 15.3. The van der Waals surface area contributed by atoms with Crippen LogP contribution in [-0.4, -0.2) is 37.6 Å². The Morgan fingerprint density at radius 3 is 2.39 bits per heavy atom. The zero-order valence-electron chi connectivity index (χ0n) is 16.2. The Labute approximate surface area is 204 Å². The molecule has 0 aromatic heterocycles. The van der Waals surface area contributed by atoms with Gasteiger partial charge in [0.2, 0.25) is 10.0 Å². The summed E-state index contributed by atoms with van der Waals surface area (Å²) in [5.41, 5.74) is 1.19. The first-order valence-corrected chi connectivity index (χ1v) is 11.5. The molecule has 1 heterocycles. The van der Waals surface area contributed by atoms with Crippen LogP contribution in [0.5, 0.6) is 5.75 Å². The van der Waals surface area contributed by atoms with Gasteiger partial charge in [-0.3, -0.25) is 14.5 Å². The fourth-order valence-electron chi connectivity index (χ4n) is 2.67. The molecule has 2 amide bonds.